The predicted octanol–water partition coefficient (Wildman–Crippen LogP) is 1.84. The standard InChI is InChI=1S/C12H14N2O2S/c15-12(14-5-1-2-6-14)10-11(16-8-13-10)9-4-3-7-17-9/h3-4,7-8,10-11H,1-2,5-6H2. The second-order valence-corrected chi connectivity index (χ2v) is 5.28. The molecular formula is C12H14N2O2S. The molecule has 0 spiro atoms. The molecule has 4 nitrogen and oxygen atoms in total. The molecule has 17 heavy (non-hydrogen) atoms. The molecular weight excluding hydrogens is 236 g/mol. The Labute approximate surface area is 104 Å². The van der Waals surface area contributed by atoms with Gasteiger partial charge in [-0.15, -0.1) is 11.3 Å². The Bertz CT molecular complexity index is 424. The van der Waals surface area contributed by atoms with Crippen LogP contribution < -0.4 is 0 Å². The fraction of sp³-hybridized carbons (Fsp3) is 0.500. The first kappa shape index (κ1) is 10.8. The minimum Gasteiger partial charge on any atom is -0.472 e. The van der Waals surface area contributed by atoms with Crippen LogP contribution in [-0.4, -0.2) is 36.3 Å². The van der Waals surface area contributed by atoms with E-state index in [2.05, 4.69) is 4.99 Å². The molecule has 2 aliphatic heterocycles. The van der Waals surface area contributed by atoms with Gasteiger partial charge in [0.1, 0.15) is 0 Å². The Morgan fingerprint density at radius 3 is 3.00 bits per heavy atom. The molecule has 2 aliphatic rings. The Morgan fingerprint density at radius 2 is 2.29 bits per heavy atom. The van der Waals surface area contributed by atoms with E-state index in [0.717, 1.165) is 30.8 Å². The van der Waals surface area contributed by atoms with Gasteiger partial charge in [0.15, 0.2) is 18.5 Å². The molecule has 1 fully saturated rings. The number of hydrogen-bond donors (Lipinski definition) is 0. The van der Waals surface area contributed by atoms with Crippen LogP contribution in [-0.2, 0) is 9.53 Å². The Hall–Kier alpha value is -1.36. The SMILES string of the molecule is O=C(C1N=COC1c1cccs1)N1CCCC1. The van der Waals surface area contributed by atoms with Crippen LogP contribution in [0, 0.1) is 0 Å². The van der Waals surface area contributed by atoms with Gasteiger partial charge in [0.25, 0.3) is 5.91 Å². The molecule has 0 radical (unpaired) electrons. The molecule has 2 atom stereocenters. The van der Waals surface area contributed by atoms with Crippen molar-refractivity contribution in [1.82, 2.24) is 4.90 Å². The molecule has 1 amide bonds. The maximum absolute atomic E-state index is 12.3. The fourth-order valence-electron chi connectivity index (χ4n) is 2.31. The van der Waals surface area contributed by atoms with E-state index in [4.69, 9.17) is 4.74 Å². The number of amides is 1. The van der Waals surface area contributed by atoms with Crippen molar-refractivity contribution in [3.8, 4) is 0 Å². The average Bonchev–Trinajstić information content (AvgIpc) is 3.09. The first-order chi connectivity index (χ1) is 8.36. The first-order valence-corrected chi connectivity index (χ1v) is 6.73. The summed E-state index contributed by atoms with van der Waals surface area (Å²) in [4.78, 5) is 19.4. The minimum atomic E-state index is -0.383. The molecule has 3 rings (SSSR count). The molecule has 1 aromatic heterocycles. The van der Waals surface area contributed by atoms with Gasteiger partial charge in [-0.2, -0.15) is 0 Å². The van der Waals surface area contributed by atoms with Crippen molar-refractivity contribution in [3.05, 3.63) is 22.4 Å². The van der Waals surface area contributed by atoms with E-state index in [-0.39, 0.29) is 18.1 Å². The van der Waals surface area contributed by atoms with Gasteiger partial charge >= 0.3 is 0 Å². The highest BCUT2D eigenvalue weighted by Crippen LogP contribution is 2.31. The molecule has 0 aromatic carbocycles. The molecule has 0 saturated carbocycles. The number of aliphatic imine (C=N–C) groups is 1. The normalized spacial score (nSPS) is 27.4. The maximum atomic E-state index is 12.3. The zero-order chi connectivity index (χ0) is 11.7. The molecule has 2 unspecified atom stereocenters. The van der Waals surface area contributed by atoms with Gasteiger partial charge in [-0.05, 0) is 24.3 Å². The summed E-state index contributed by atoms with van der Waals surface area (Å²) in [5.41, 5.74) is 0. The van der Waals surface area contributed by atoms with Crippen LogP contribution in [0.4, 0.5) is 0 Å². The second-order valence-electron chi connectivity index (χ2n) is 4.30. The molecule has 1 saturated heterocycles. The lowest BCUT2D eigenvalue weighted by atomic mass is 10.1. The van der Waals surface area contributed by atoms with Crippen molar-refractivity contribution in [2.24, 2.45) is 4.99 Å². The maximum Gasteiger partial charge on any atom is 0.251 e. The van der Waals surface area contributed by atoms with Crippen LogP contribution in [0.2, 0.25) is 0 Å². The van der Waals surface area contributed by atoms with Gasteiger partial charge < -0.3 is 9.64 Å². The summed E-state index contributed by atoms with van der Waals surface area (Å²) >= 11 is 1.61. The zero-order valence-corrected chi connectivity index (χ0v) is 10.2. The smallest absolute Gasteiger partial charge is 0.251 e. The van der Waals surface area contributed by atoms with E-state index >= 15 is 0 Å². The number of thiophene rings is 1. The monoisotopic (exact) mass is 250 g/mol. The lowest BCUT2D eigenvalue weighted by molar-refractivity contribution is -0.133. The van der Waals surface area contributed by atoms with E-state index in [9.17, 15) is 4.79 Å². The Balaban J connectivity index is 1.77. The fourth-order valence-corrected chi connectivity index (χ4v) is 3.10. The van der Waals surface area contributed by atoms with Crippen LogP contribution in [0.1, 0.15) is 23.8 Å². The summed E-state index contributed by atoms with van der Waals surface area (Å²) in [6.45, 7) is 1.73. The van der Waals surface area contributed by atoms with Crippen LogP contribution in [0.3, 0.4) is 0 Å². The zero-order valence-electron chi connectivity index (χ0n) is 9.41. The molecule has 0 bridgehead atoms. The topological polar surface area (TPSA) is 41.9 Å². The molecule has 0 N–H and O–H groups in total. The molecule has 3 heterocycles. The number of likely N-dealkylation sites (tertiary alicyclic amines) is 1. The van der Waals surface area contributed by atoms with Crippen LogP contribution in [0.15, 0.2) is 22.5 Å². The summed E-state index contributed by atoms with van der Waals surface area (Å²) < 4.78 is 5.46. The summed E-state index contributed by atoms with van der Waals surface area (Å²) in [6.07, 6.45) is 3.41. The van der Waals surface area contributed by atoms with Crippen molar-refractivity contribution < 1.29 is 9.53 Å². The van der Waals surface area contributed by atoms with Crippen LogP contribution >= 0.6 is 11.3 Å². The summed E-state index contributed by atoms with van der Waals surface area (Å²) in [5, 5.41) is 1.99. The van der Waals surface area contributed by atoms with Crippen LogP contribution in [0.25, 0.3) is 0 Å². The molecule has 1 aromatic rings. The van der Waals surface area contributed by atoms with Gasteiger partial charge in [0, 0.05) is 18.0 Å². The van der Waals surface area contributed by atoms with E-state index < -0.39 is 0 Å². The number of rotatable bonds is 2. The average molecular weight is 250 g/mol. The number of carbonyl (C=O) groups is 1. The summed E-state index contributed by atoms with van der Waals surface area (Å²) in [6, 6.07) is 3.58. The van der Waals surface area contributed by atoms with Crippen molar-refractivity contribution in [2.45, 2.75) is 25.0 Å². The molecule has 5 heteroatoms. The highest BCUT2D eigenvalue weighted by Gasteiger charge is 2.37. The third-order valence-corrected chi connectivity index (χ3v) is 4.14. The summed E-state index contributed by atoms with van der Waals surface area (Å²) in [5.74, 6) is 0.106. The van der Waals surface area contributed by atoms with E-state index in [1.54, 1.807) is 11.3 Å². The molecule has 90 valence electrons. The van der Waals surface area contributed by atoms with Crippen molar-refractivity contribution in [1.29, 1.82) is 0 Å². The lowest BCUT2D eigenvalue weighted by Crippen LogP contribution is -2.38. The first-order valence-electron chi connectivity index (χ1n) is 5.85. The highest BCUT2D eigenvalue weighted by atomic mass is 32.1. The highest BCUT2D eigenvalue weighted by molar-refractivity contribution is 7.10. The molecule has 0 aliphatic carbocycles. The number of hydrogen-bond acceptors (Lipinski definition) is 4. The van der Waals surface area contributed by atoms with Crippen molar-refractivity contribution in [2.75, 3.05) is 13.1 Å². The largest absolute Gasteiger partial charge is 0.472 e. The Kier molecular flexibility index (Phi) is 2.84. The third-order valence-electron chi connectivity index (χ3n) is 3.21. The predicted molar refractivity (Wildman–Crippen MR) is 66.2 cm³/mol. The quantitative estimate of drug-likeness (QED) is 0.803. The Morgan fingerprint density at radius 1 is 1.47 bits per heavy atom. The number of carbonyl (C=O) groups excluding carboxylic acids is 1. The van der Waals surface area contributed by atoms with E-state index in [0.29, 0.717) is 0 Å². The van der Waals surface area contributed by atoms with Gasteiger partial charge in [-0.25, -0.2) is 4.99 Å². The van der Waals surface area contributed by atoms with Crippen LogP contribution in [0.5, 0.6) is 0 Å². The second kappa shape index (κ2) is 4.49. The summed E-state index contributed by atoms with van der Waals surface area (Å²) in [7, 11) is 0. The van der Waals surface area contributed by atoms with E-state index in [1.165, 1.54) is 6.40 Å². The number of nitrogens with zero attached hydrogens (tertiary/aromatic N) is 2. The van der Waals surface area contributed by atoms with Crippen molar-refractivity contribution >= 4 is 23.6 Å². The lowest BCUT2D eigenvalue weighted by Gasteiger charge is -2.21. The van der Waals surface area contributed by atoms with Crippen molar-refractivity contribution in [3.63, 3.8) is 0 Å². The van der Waals surface area contributed by atoms with Gasteiger partial charge in [0.2, 0.25) is 0 Å². The van der Waals surface area contributed by atoms with Gasteiger partial charge in [0.05, 0.1) is 0 Å². The third kappa shape index (κ3) is 1.95. The van der Waals surface area contributed by atoms with Gasteiger partial charge in [-0.1, -0.05) is 6.07 Å². The van der Waals surface area contributed by atoms with Gasteiger partial charge in [-0.3, -0.25) is 4.79 Å². The van der Waals surface area contributed by atoms with E-state index in [1.807, 2.05) is 22.4 Å². The minimum absolute atomic E-state index is 0.106. The number of ether oxygens (including phenoxy) is 1.